The summed E-state index contributed by atoms with van der Waals surface area (Å²) in [6, 6.07) is 22.6. The fourth-order valence-corrected chi connectivity index (χ4v) is 3.36. The number of hydrogen-bond acceptors (Lipinski definition) is 2. The number of aryl methyl sites for hydroxylation is 1. The minimum atomic E-state index is -0.576. The lowest BCUT2D eigenvalue weighted by atomic mass is 10.2. The van der Waals surface area contributed by atoms with Crippen molar-refractivity contribution in [3.8, 4) is 0 Å². The van der Waals surface area contributed by atoms with Crippen molar-refractivity contribution in [1.82, 2.24) is 9.88 Å². The van der Waals surface area contributed by atoms with Crippen molar-refractivity contribution >= 4 is 28.4 Å². The number of carbonyl (C=O) groups is 2. The third-order valence-electron chi connectivity index (χ3n) is 4.95. The molecule has 0 bridgehead atoms. The van der Waals surface area contributed by atoms with E-state index in [1.165, 1.54) is 18.2 Å². The van der Waals surface area contributed by atoms with Crippen LogP contribution in [0.5, 0.6) is 0 Å². The summed E-state index contributed by atoms with van der Waals surface area (Å²) >= 11 is 0. The summed E-state index contributed by atoms with van der Waals surface area (Å²) in [5.74, 6) is -1.29. The molecule has 0 aliphatic heterocycles. The summed E-state index contributed by atoms with van der Waals surface area (Å²) in [5.41, 5.74) is 2.88. The molecule has 1 aromatic heterocycles. The lowest BCUT2D eigenvalue weighted by Gasteiger charge is -2.07. The molecule has 5 nitrogen and oxygen atoms in total. The predicted octanol–water partition coefficient (Wildman–Crippen LogP) is 4.50. The van der Waals surface area contributed by atoms with Gasteiger partial charge in [-0.2, -0.15) is 0 Å². The molecule has 6 heteroatoms. The molecule has 0 atom stereocenters. The molecule has 150 valence electrons. The fourth-order valence-electron chi connectivity index (χ4n) is 3.36. The first kappa shape index (κ1) is 19.4. The van der Waals surface area contributed by atoms with E-state index in [0.717, 1.165) is 16.5 Å². The van der Waals surface area contributed by atoms with Crippen molar-refractivity contribution in [1.29, 1.82) is 0 Å². The Balaban J connectivity index is 1.53. The van der Waals surface area contributed by atoms with E-state index in [1.807, 2.05) is 43.4 Å². The van der Waals surface area contributed by atoms with Gasteiger partial charge in [-0.3, -0.25) is 9.59 Å². The quantitative estimate of drug-likeness (QED) is 0.517. The van der Waals surface area contributed by atoms with Crippen LogP contribution in [0.25, 0.3) is 10.9 Å². The van der Waals surface area contributed by atoms with Crippen molar-refractivity contribution in [2.24, 2.45) is 7.05 Å². The lowest BCUT2D eigenvalue weighted by molar-refractivity contribution is 0.0942. The van der Waals surface area contributed by atoms with Gasteiger partial charge in [0.1, 0.15) is 11.5 Å². The SMILES string of the molecule is Cn1c(C(=O)NCc2ccccc2)cc2cc(NC(=O)c3ccccc3F)ccc21. The Morgan fingerprint density at radius 1 is 0.900 bits per heavy atom. The second kappa shape index (κ2) is 8.21. The van der Waals surface area contributed by atoms with E-state index in [9.17, 15) is 14.0 Å². The number of hydrogen-bond donors (Lipinski definition) is 2. The Kier molecular flexibility index (Phi) is 5.30. The van der Waals surface area contributed by atoms with Gasteiger partial charge in [-0.05, 0) is 42.0 Å². The van der Waals surface area contributed by atoms with Crippen LogP contribution >= 0.6 is 0 Å². The number of nitrogens with one attached hydrogen (secondary N) is 2. The third-order valence-corrected chi connectivity index (χ3v) is 4.95. The lowest BCUT2D eigenvalue weighted by Crippen LogP contribution is -2.24. The minimum Gasteiger partial charge on any atom is -0.347 e. The molecular weight excluding hydrogens is 381 g/mol. The topological polar surface area (TPSA) is 63.1 Å². The van der Waals surface area contributed by atoms with Crippen LogP contribution in [-0.2, 0) is 13.6 Å². The summed E-state index contributed by atoms with van der Waals surface area (Å²) in [7, 11) is 1.82. The summed E-state index contributed by atoms with van der Waals surface area (Å²) in [5, 5.41) is 6.43. The first-order valence-electron chi connectivity index (χ1n) is 9.50. The zero-order chi connectivity index (χ0) is 21.1. The second-order valence-electron chi connectivity index (χ2n) is 6.96. The second-order valence-corrected chi connectivity index (χ2v) is 6.96. The number of rotatable bonds is 5. The number of aromatic nitrogens is 1. The van der Waals surface area contributed by atoms with Crippen molar-refractivity contribution < 1.29 is 14.0 Å². The summed E-state index contributed by atoms with van der Waals surface area (Å²) in [6.45, 7) is 0.436. The Hall–Kier alpha value is -3.93. The Morgan fingerprint density at radius 3 is 2.40 bits per heavy atom. The fraction of sp³-hybridized carbons (Fsp3) is 0.0833. The van der Waals surface area contributed by atoms with E-state index in [-0.39, 0.29) is 11.5 Å². The van der Waals surface area contributed by atoms with E-state index in [0.29, 0.717) is 17.9 Å². The normalized spacial score (nSPS) is 10.7. The molecule has 4 aromatic rings. The minimum absolute atomic E-state index is 0.0216. The van der Waals surface area contributed by atoms with Gasteiger partial charge in [0.2, 0.25) is 0 Å². The number of benzene rings is 3. The average molecular weight is 401 g/mol. The van der Waals surface area contributed by atoms with Crippen LogP contribution in [0.15, 0.2) is 78.9 Å². The van der Waals surface area contributed by atoms with Gasteiger partial charge in [0.15, 0.2) is 0 Å². The zero-order valence-electron chi connectivity index (χ0n) is 16.4. The zero-order valence-corrected chi connectivity index (χ0v) is 16.4. The standard InChI is InChI=1S/C24H20FN3O2/c1-28-21-12-11-18(27-23(29)19-9-5-6-10-20(19)25)13-17(21)14-22(28)24(30)26-15-16-7-3-2-4-8-16/h2-14H,15H2,1H3,(H,26,30)(H,27,29). The van der Waals surface area contributed by atoms with Gasteiger partial charge in [0.25, 0.3) is 11.8 Å². The monoisotopic (exact) mass is 401 g/mol. The van der Waals surface area contributed by atoms with E-state index >= 15 is 0 Å². The summed E-state index contributed by atoms with van der Waals surface area (Å²) < 4.78 is 15.6. The number of fused-ring (bicyclic) bond motifs is 1. The molecule has 2 N–H and O–H groups in total. The molecule has 0 spiro atoms. The molecule has 30 heavy (non-hydrogen) atoms. The van der Waals surface area contributed by atoms with E-state index in [2.05, 4.69) is 10.6 Å². The summed E-state index contributed by atoms with van der Waals surface area (Å²) in [4.78, 5) is 25.0. The number of carbonyl (C=O) groups excluding carboxylic acids is 2. The molecule has 0 aliphatic rings. The highest BCUT2D eigenvalue weighted by molar-refractivity contribution is 6.06. The number of anilines is 1. The maximum atomic E-state index is 13.8. The third kappa shape index (κ3) is 3.93. The number of nitrogens with zero attached hydrogens (tertiary/aromatic N) is 1. The molecule has 0 unspecified atom stereocenters. The number of amides is 2. The molecule has 1 heterocycles. The van der Waals surface area contributed by atoms with Gasteiger partial charge in [-0.15, -0.1) is 0 Å². The van der Waals surface area contributed by atoms with Crippen molar-refractivity contribution in [2.45, 2.75) is 6.54 Å². The number of halogens is 1. The predicted molar refractivity (Wildman–Crippen MR) is 115 cm³/mol. The van der Waals surface area contributed by atoms with Crippen molar-refractivity contribution in [3.05, 3.63) is 102 Å². The Labute approximate surface area is 173 Å². The van der Waals surface area contributed by atoms with Crippen LogP contribution < -0.4 is 10.6 Å². The van der Waals surface area contributed by atoms with Gasteiger partial charge in [0, 0.05) is 30.2 Å². The first-order valence-corrected chi connectivity index (χ1v) is 9.50. The largest absolute Gasteiger partial charge is 0.347 e. The van der Waals surface area contributed by atoms with Crippen LogP contribution in [0.3, 0.4) is 0 Å². The van der Waals surface area contributed by atoms with Gasteiger partial charge in [-0.1, -0.05) is 42.5 Å². The van der Waals surface area contributed by atoms with Gasteiger partial charge in [-0.25, -0.2) is 4.39 Å². The average Bonchev–Trinajstić information content (AvgIpc) is 3.09. The Morgan fingerprint density at radius 2 is 1.63 bits per heavy atom. The molecule has 0 saturated carbocycles. The van der Waals surface area contributed by atoms with E-state index < -0.39 is 11.7 Å². The molecule has 0 saturated heterocycles. The highest BCUT2D eigenvalue weighted by Crippen LogP contribution is 2.23. The van der Waals surface area contributed by atoms with Gasteiger partial charge in [0.05, 0.1) is 5.56 Å². The van der Waals surface area contributed by atoms with Crippen LogP contribution in [0.2, 0.25) is 0 Å². The van der Waals surface area contributed by atoms with Gasteiger partial charge < -0.3 is 15.2 Å². The van der Waals surface area contributed by atoms with Crippen LogP contribution in [-0.4, -0.2) is 16.4 Å². The van der Waals surface area contributed by atoms with E-state index in [4.69, 9.17) is 0 Å². The summed E-state index contributed by atoms with van der Waals surface area (Å²) in [6.07, 6.45) is 0. The maximum Gasteiger partial charge on any atom is 0.268 e. The molecule has 4 rings (SSSR count). The molecule has 3 aromatic carbocycles. The molecule has 0 aliphatic carbocycles. The molecule has 2 amide bonds. The van der Waals surface area contributed by atoms with Crippen LogP contribution in [0.1, 0.15) is 26.4 Å². The van der Waals surface area contributed by atoms with Crippen LogP contribution in [0.4, 0.5) is 10.1 Å². The highest BCUT2D eigenvalue weighted by atomic mass is 19.1. The smallest absolute Gasteiger partial charge is 0.268 e. The van der Waals surface area contributed by atoms with Crippen molar-refractivity contribution in [2.75, 3.05) is 5.32 Å². The highest BCUT2D eigenvalue weighted by Gasteiger charge is 2.15. The molecular formula is C24H20FN3O2. The molecule has 0 radical (unpaired) electrons. The van der Waals surface area contributed by atoms with Gasteiger partial charge >= 0.3 is 0 Å². The maximum absolute atomic E-state index is 13.8. The Bertz CT molecular complexity index is 1230. The van der Waals surface area contributed by atoms with Crippen LogP contribution in [0, 0.1) is 5.82 Å². The van der Waals surface area contributed by atoms with Crippen molar-refractivity contribution in [3.63, 3.8) is 0 Å². The van der Waals surface area contributed by atoms with E-state index in [1.54, 1.807) is 28.8 Å². The molecule has 0 fully saturated rings. The first-order chi connectivity index (χ1) is 14.5.